The molecule has 1 N–H and O–H groups in total. The third kappa shape index (κ3) is 6.33. The number of carbonyl (C=O) groups excluding carboxylic acids is 2. The van der Waals surface area contributed by atoms with Gasteiger partial charge in [-0.05, 0) is 58.3 Å². The zero-order chi connectivity index (χ0) is 25.0. The number of thiol groups is 1. The number of ketones is 1. The van der Waals surface area contributed by atoms with Crippen LogP contribution in [-0.2, 0) is 23.8 Å². The first-order chi connectivity index (χ1) is 15.4. The van der Waals surface area contributed by atoms with Gasteiger partial charge in [0.25, 0.3) is 5.79 Å². The van der Waals surface area contributed by atoms with Gasteiger partial charge in [-0.3, -0.25) is 4.79 Å². The number of Topliss-reactive ketones (excluding diaryl/α,β-unsaturated/α-hetero) is 1. The standard InChI is InChI=1S/C26H46O6S/c1-7-17-30-26(29,12-11-20(27)22(5,8-2)9-3)21(28)31-24-13-15-25(18-24,16-14-24)32-23(6,10-4)19-33/h29,33H,7-19H2,1-6H3. The molecule has 2 atom stereocenters. The molecule has 6 nitrogen and oxygen atoms in total. The molecule has 2 aliphatic carbocycles. The van der Waals surface area contributed by atoms with E-state index < -0.39 is 22.8 Å². The molecule has 0 amide bonds. The molecule has 2 aliphatic rings. The predicted molar refractivity (Wildman–Crippen MR) is 132 cm³/mol. The van der Waals surface area contributed by atoms with Crippen LogP contribution in [0.4, 0.5) is 0 Å². The Bertz CT molecular complexity index is 676. The molecule has 0 aliphatic heterocycles. The van der Waals surface area contributed by atoms with Crippen molar-refractivity contribution in [2.75, 3.05) is 12.4 Å². The number of ether oxygens (including phenoxy) is 3. The van der Waals surface area contributed by atoms with Crippen molar-refractivity contribution in [2.24, 2.45) is 5.41 Å². The van der Waals surface area contributed by atoms with Gasteiger partial charge < -0.3 is 19.3 Å². The maximum absolute atomic E-state index is 13.3. The van der Waals surface area contributed by atoms with E-state index in [1.807, 2.05) is 27.7 Å². The molecule has 2 saturated carbocycles. The maximum atomic E-state index is 13.3. The van der Waals surface area contributed by atoms with Crippen LogP contribution in [-0.4, -0.2) is 51.8 Å². The molecule has 0 saturated heterocycles. The molecule has 0 aromatic heterocycles. The van der Waals surface area contributed by atoms with Gasteiger partial charge in [0.1, 0.15) is 11.4 Å². The minimum absolute atomic E-state index is 0.0387. The molecule has 0 spiro atoms. The van der Waals surface area contributed by atoms with E-state index >= 15 is 0 Å². The highest BCUT2D eigenvalue weighted by atomic mass is 32.1. The van der Waals surface area contributed by atoms with Crippen LogP contribution in [0, 0.1) is 5.41 Å². The molecule has 2 bridgehead atoms. The number of aliphatic hydroxyl groups is 1. The van der Waals surface area contributed by atoms with Crippen molar-refractivity contribution in [3.8, 4) is 0 Å². The predicted octanol–water partition coefficient (Wildman–Crippen LogP) is 5.39. The number of carbonyl (C=O) groups is 2. The zero-order valence-corrected chi connectivity index (χ0v) is 22.5. The summed E-state index contributed by atoms with van der Waals surface area (Å²) < 4.78 is 18.2. The molecule has 0 radical (unpaired) electrons. The van der Waals surface area contributed by atoms with Crippen LogP contribution < -0.4 is 0 Å². The first kappa shape index (κ1) is 28.6. The summed E-state index contributed by atoms with van der Waals surface area (Å²) in [4.78, 5) is 26.1. The Kier molecular flexibility index (Phi) is 9.50. The number of esters is 1. The van der Waals surface area contributed by atoms with Crippen LogP contribution >= 0.6 is 12.6 Å². The van der Waals surface area contributed by atoms with E-state index in [4.69, 9.17) is 14.2 Å². The highest BCUT2D eigenvalue weighted by molar-refractivity contribution is 7.80. The summed E-state index contributed by atoms with van der Waals surface area (Å²) >= 11 is 4.48. The summed E-state index contributed by atoms with van der Waals surface area (Å²) in [7, 11) is 0. The van der Waals surface area contributed by atoms with Crippen molar-refractivity contribution in [3.05, 3.63) is 0 Å². The molecule has 2 unspecified atom stereocenters. The number of hydrogen-bond acceptors (Lipinski definition) is 7. The SMILES string of the molecule is CCCOC(O)(CCC(=O)C(C)(CC)CC)C(=O)OC12CCC(OC(C)(CC)CS)(CC1)C2. The van der Waals surface area contributed by atoms with Crippen molar-refractivity contribution in [1.29, 1.82) is 0 Å². The van der Waals surface area contributed by atoms with E-state index in [2.05, 4.69) is 26.5 Å². The van der Waals surface area contributed by atoms with Crippen LogP contribution in [0.25, 0.3) is 0 Å². The Morgan fingerprint density at radius 1 is 0.970 bits per heavy atom. The fourth-order valence-corrected chi connectivity index (χ4v) is 5.41. The van der Waals surface area contributed by atoms with E-state index in [-0.39, 0.29) is 36.4 Å². The maximum Gasteiger partial charge on any atom is 0.367 e. The molecular weight excluding hydrogens is 440 g/mol. The lowest BCUT2D eigenvalue weighted by Gasteiger charge is -2.38. The van der Waals surface area contributed by atoms with Crippen molar-refractivity contribution in [3.63, 3.8) is 0 Å². The molecule has 7 heteroatoms. The van der Waals surface area contributed by atoms with Gasteiger partial charge in [0, 0.05) is 30.4 Å². The third-order valence-corrected chi connectivity index (χ3v) is 9.03. The van der Waals surface area contributed by atoms with E-state index in [0.29, 0.717) is 31.4 Å². The molecule has 0 aromatic rings. The highest BCUT2D eigenvalue weighted by Crippen LogP contribution is 2.56. The normalized spacial score (nSPS) is 28.4. The van der Waals surface area contributed by atoms with Crippen LogP contribution in [0.3, 0.4) is 0 Å². The van der Waals surface area contributed by atoms with Gasteiger partial charge in [0.05, 0.1) is 17.8 Å². The van der Waals surface area contributed by atoms with Gasteiger partial charge in [0.2, 0.25) is 0 Å². The summed E-state index contributed by atoms with van der Waals surface area (Å²) in [6.07, 6.45) is 6.60. The zero-order valence-electron chi connectivity index (χ0n) is 21.6. The van der Waals surface area contributed by atoms with Crippen LogP contribution in [0.1, 0.15) is 112 Å². The molecule has 2 rings (SSSR count). The molecule has 2 fully saturated rings. The summed E-state index contributed by atoms with van der Waals surface area (Å²) in [5.41, 5.74) is -1.72. The van der Waals surface area contributed by atoms with Gasteiger partial charge >= 0.3 is 5.97 Å². The van der Waals surface area contributed by atoms with E-state index in [1.54, 1.807) is 0 Å². The van der Waals surface area contributed by atoms with Crippen molar-refractivity contribution >= 4 is 24.4 Å². The second-order valence-corrected chi connectivity index (χ2v) is 11.1. The van der Waals surface area contributed by atoms with Crippen molar-refractivity contribution in [1.82, 2.24) is 0 Å². The highest BCUT2D eigenvalue weighted by Gasteiger charge is 2.60. The molecule has 0 heterocycles. The van der Waals surface area contributed by atoms with Gasteiger partial charge in [0.15, 0.2) is 0 Å². The minimum Gasteiger partial charge on any atom is -0.455 e. The lowest BCUT2D eigenvalue weighted by Crippen LogP contribution is -2.48. The van der Waals surface area contributed by atoms with E-state index in [1.165, 1.54) is 0 Å². The van der Waals surface area contributed by atoms with E-state index in [0.717, 1.165) is 32.1 Å². The quantitative estimate of drug-likeness (QED) is 0.183. The Hall–Kier alpha value is -0.630. The number of rotatable bonds is 15. The van der Waals surface area contributed by atoms with Gasteiger partial charge in [-0.15, -0.1) is 0 Å². The summed E-state index contributed by atoms with van der Waals surface area (Å²) in [6, 6.07) is 0. The summed E-state index contributed by atoms with van der Waals surface area (Å²) in [5.74, 6) is -2.22. The fourth-order valence-electron chi connectivity index (χ4n) is 5.13. The average Bonchev–Trinajstić information content (AvgIpc) is 3.35. The lowest BCUT2D eigenvalue weighted by molar-refractivity contribution is -0.241. The Labute approximate surface area is 205 Å². The largest absolute Gasteiger partial charge is 0.455 e. The van der Waals surface area contributed by atoms with E-state index in [9.17, 15) is 14.7 Å². The van der Waals surface area contributed by atoms with Crippen molar-refractivity contribution in [2.45, 2.75) is 135 Å². The van der Waals surface area contributed by atoms with Gasteiger partial charge in [-0.1, -0.05) is 34.6 Å². The second kappa shape index (κ2) is 11.0. The Morgan fingerprint density at radius 3 is 2.03 bits per heavy atom. The third-order valence-electron chi connectivity index (χ3n) is 8.36. The molecule has 0 aromatic carbocycles. The average molecular weight is 487 g/mol. The first-order valence-electron chi connectivity index (χ1n) is 12.8. The first-order valence-corrected chi connectivity index (χ1v) is 13.5. The number of fused-ring (bicyclic) bond motifs is 2. The van der Waals surface area contributed by atoms with Crippen LogP contribution in [0.2, 0.25) is 0 Å². The minimum atomic E-state index is -2.11. The molecule has 192 valence electrons. The smallest absolute Gasteiger partial charge is 0.367 e. The van der Waals surface area contributed by atoms with Crippen molar-refractivity contribution < 1.29 is 28.9 Å². The molecule has 33 heavy (non-hydrogen) atoms. The number of hydrogen-bond donors (Lipinski definition) is 2. The monoisotopic (exact) mass is 486 g/mol. The fraction of sp³-hybridized carbons (Fsp3) is 0.923. The van der Waals surface area contributed by atoms with Crippen LogP contribution in [0.5, 0.6) is 0 Å². The second-order valence-electron chi connectivity index (χ2n) is 10.8. The van der Waals surface area contributed by atoms with Gasteiger partial charge in [-0.25, -0.2) is 4.79 Å². The van der Waals surface area contributed by atoms with Gasteiger partial charge in [-0.2, -0.15) is 12.6 Å². The van der Waals surface area contributed by atoms with Crippen LogP contribution in [0.15, 0.2) is 0 Å². The topological polar surface area (TPSA) is 82.1 Å². The Morgan fingerprint density at radius 2 is 1.55 bits per heavy atom. The Balaban J connectivity index is 2.10. The summed E-state index contributed by atoms with van der Waals surface area (Å²) in [5, 5.41) is 11.2. The summed E-state index contributed by atoms with van der Waals surface area (Å²) in [6.45, 7) is 12.2. The lowest BCUT2D eigenvalue weighted by atomic mass is 9.78. The molecular formula is C26H46O6S.